The highest BCUT2D eigenvalue weighted by molar-refractivity contribution is 6.29. The van der Waals surface area contributed by atoms with Gasteiger partial charge < -0.3 is 19.9 Å². The maximum Gasteiger partial charge on any atom is 0.423 e. The van der Waals surface area contributed by atoms with Crippen LogP contribution in [0.25, 0.3) is 0 Å². The fourth-order valence-corrected chi connectivity index (χ4v) is 3.24. The average molecular weight is 476 g/mol. The summed E-state index contributed by atoms with van der Waals surface area (Å²) in [5.41, 5.74) is -3.09. The van der Waals surface area contributed by atoms with Gasteiger partial charge in [-0.2, -0.15) is 18.3 Å². The highest BCUT2D eigenvalue weighted by Crippen LogP contribution is 2.31. The highest BCUT2D eigenvalue weighted by atomic mass is 35.5. The molecule has 2 aromatic rings. The SMILES string of the molecule is O=C(CCOCCNc1cn[nH]c(=O)c1C(F)(F)F)N1CCN(c2cnc(Cl)cn2)CC1. The first-order chi connectivity index (χ1) is 15.3. The largest absolute Gasteiger partial charge is 0.423 e. The molecule has 1 fully saturated rings. The van der Waals surface area contributed by atoms with E-state index >= 15 is 0 Å². The van der Waals surface area contributed by atoms with Crippen LogP contribution in [0, 0.1) is 0 Å². The van der Waals surface area contributed by atoms with Gasteiger partial charge in [0.1, 0.15) is 16.5 Å². The van der Waals surface area contributed by atoms with E-state index in [-0.39, 0.29) is 32.1 Å². The Balaban J connectivity index is 1.35. The molecule has 10 nitrogen and oxygen atoms in total. The number of amides is 1. The second kappa shape index (κ2) is 10.6. The van der Waals surface area contributed by atoms with Gasteiger partial charge >= 0.3 is 6.18 Å². The molecule has 1 saturated heterocycles. The number of hydrogen-bond acceptors (Lipinski definition) is 8. The van der Waals surface area contributed by atoms with Crippen molar-refractivity contribution in [3.8, 4) is 0 Å². The molecular weight excluding hydrogens is 455 g/mol. The fraction of sp³-hybridized carbons (Fsp3) is 0.500. The predicted molar refractivity (Wildman–Crippen MR) is 110 cm³/mol. The Morgan fingerprint density at radius 2 is 1.91 bits per heavy atom. The quantitative estimate of drug-likeness (QED) is 0.550. The van der Waals surface area contributed by atoms with Gasteiger partial charge in [-0.15, -0.1) is 0 Å². The lowest BCUT2D eigenvalue weighted by atomic mass is 10.2. The number of nitrogens with one attached hydrogen (secondary N) is 2. The van der Waals surface area contributed by atoms with Crippen LogP contribution in [0.3, 0.4) is 0 Å². The number of aromatic amines is 1. The maximum absolute atomic E-state index is 13.0. The minimum Gasteiger partial charge on any atom is -0.381 e. The Bertz CT molecular complexity index is 964. The number of nitrogens with zero attached hydrogens (tertiary/aromatic N) is 5. The van der Waals surface area contributed by atoms with Crippen molar-refractivity contribution in [2.24, 2.45) is 0 Å². The Labute approximate surface area is 185 Å². The molecule has 0 radical (unpaired) electrons. The van der Waals surface area contributed by atoms with Crippen molar-refractivity contribution in [1.29, 1.82) is 0 Å². The Morgan fingerprint density at radius 1 is 1.16 bits per heavy atom. The lowest BCUT2D eigenvalue weighted by Gasteiger charge is -2.35. The molecule has 32 heavy (non-hydrogen) atoms. The second-order valence-corrected chi connectivity index (χ2v) is 7.23. The Kier molecular flexibility index (Phi) is 7.85. The van der Waals surface area contributed by atoms with Crippen LogP contribution in [-0.2, 0) is 15.7 Å². The smallest absolute Gasteiger partial charge is 0.381 e. The molecule has 0 bridgehead atoms. The average Bonchev–Trinajstić information content (AvgIpc) is 2.76. The number of H-pyrrole nitrogens is 1. The lowest BCUT2D eigenvalue weighted by Crippen LogP contribution is -2.49. The fourth-order valence-electron chi connectivity index (χ4n) is 3.14. The van der Waals surface area contributed by atoms with Gasteiger partial charge in [0.2, 0.25) is 5.91 Å². The first-order valence-electron chi connectivity index (χ1n) is 9.72. The summed E-state index contributed by atoms with van der Waals surface area (Å²) in [6.07, 6.45) is -0.710. The number of anilines is 2. The van der Waals surface area contributed by atoms with Crippen LogP contribution in [-0.4, -0.2) is 76.9 Å². The maximum atomic E-state index is 13.0. The van der Waals surface area contributed by atoms with E-state index < -0.39 is 23.0 Å². The minimum absolute atomic E-state index is 0.0171. The Hall–Kier alpha value is -2.93. The molecule has 0 aromatic carbocycles. The van der Waals surface area contributed by atoms with E-state index in [1.165, 1.54) is 6.20 Å². The monoisotopic (exact) mass is 475 g/mol. The summed E-state index contributed by atoms with van der Waals surface area (Å²) in [6.45, 7) is 2.48. The normalized spacial score (nSPS) is 14.5. The van der Waals surface area contributed by atoms with E-state index in [0.717, 1.165) is 6.20 Å². The Morgan fingerprint density at radius 3 is 2.56 bits per heavy atom. The van der Waals surface area contributed by atoms with Crippen LogP contribution in [0.1, 0.15) is 12.0 Å². The molecule has 1 aliphatic rings. The van der Waals surface area contributed by atoms with Gasteiger partial charge in [-0.1, -0.05) is 11.6 Å². The zero-order valence-electron chi connectivity index (χ0n) is 16.9. The molecule has 2 aromatic heterocycles. The summed E-state index contributed by atoms with van der Waals surface area (Å²) in [7, 11) is 0. The zero-order chi connectivity index (χ0) is 23.1. The van der Waals surface area contributed by atoms with Gasteiger partial charge in [-0.25, -0.2) is 15.1 Å². The minimum atomic E-state index is -4.81. The number of hydrogen-bond donors (Lipinski definition) is 2. The molecule has 0 saturated carbocycles. The number of piperazine rings is 1. The van der Waals surface area contributed by atoms with Gasteiger partial charge in [0.25, 0.3) is 5.56 Å². The van der Waals surface area contributed by atoms with Crippen molar-refractivity contribution in [3.63, 3.8) is 0 Å². The van der Waals surface area contributed by atoms with Gasteiger partial charge in [0, 0.05) is 32.7 Å². The molecule has 0 atom stereocenters. The summed E-state index contributed by atoms with van der Waals surface area (Å²) >= 11 is 5.74. The van der Waals surface area contributed by atoms with Crippen molar-refractivity contribution in [1.82, 2.24) is 25.1 Å². The van der Waals surface area contributed by atoms with Gasteiger partial charge in [0.15, 0.2) is 0 Å². The van der Waals surface area contributed by atoms with Gasteiger partial charge in [-0.3, -0.25) is 9.59 Å². The number of ether oxygens (including phenoxy) is 1. The number of carbonyl (C=O) groups excluding carboxylic acids is 1. The summed E-state index contributed by atoms with van der Waals surface area (Å²) in [5, 5.41) is 7.93. The molecule has 0 aliphatic carbocycles. The van der Waals surface area contributed by atoms with Crippen molar-refractivity contribution < 1.29 is 22.7 Å². The standard InChI is InChI=1S/C18H21ClF3N7O3/c19-13-10-25-14(11-24-13)28-3-5-29(6-4-28)15(30)1-7-32-8-2-23-12-9-26-27-17(31)16(12)18(20,21)22/h9-11H,1-8H2,(H2,23,27,31). The van der Waals surface area contributed by atoms with Crippen molar-refractivity contribution in [2.45, 2.75) is 12.6 Å². The molecule has 0 spiro atoms. The van der Waals surface area contributed by atoms with E-state index in [4.69, 9.17) is 16.3 Å². The highest BCUT2D eigenvalue weighted by Gasteiger charge is 2.37. The van der Waals surface area contributed by atoms with Crippen LogP contribution in [0.4, 0.5) is 24.7 Å². The second-order valence-electron chi connectivity index (χ2n) is 6.84. The van der Waals surface area contributed by atoms with E-state index in [1.54, 1.807) is 16.2 Å². The van der Waals surface area contributed by atoms with Crippen molar-refractivity contribution >= 4 is 29.0 Å². The van der Waals surface area contributed by atoms with Crippen LogP contribution >= 0.6 is 11.6 Å². The van der Waals surface area contributed by atoms with Crippen molar-refractivity contribution in [3.05, 3.63) is 39.7 Å². The van der Waals surface area contributed by atoms with E-state index in [2.05, 4.69) is 20.4 Å². The molecule has 174 valence electrons. The van der Waals surface area contributed by atoms with Crippen molar-refractivity contribution in [2.75, 3.05) is 56.2 Å². The topological polar surface area (TPSA) is 116 Å². The number of rotatable bonds is 8. The number of carbonyl (C=O) groups is 1. The summed E-state index contributed by atoms with van der Waals surface area (Å²) in [4.78, 5) is 35.7. The molecular formula is C18H21ClF3N7O3. The zero-order valence-corrected chi connectivity index (χ0v) is 17.6. The molecule has 3 heterocycles. The first kappa shape index (κ1) is 23.7. The van der Waals surface area contributed by atoms with Crippen LogP contribution in [0.2, 0.25) is 5.15 Å². The van der Waals surface area contributed by atoms with Crippen LogP contribution < -0.4 is 15.8 Å². The molecule has 3 rings (SSSR count). The molecule has 1 aliphatic heterocycles. The van der Waals surface area contributed by atoms with E-state index in [1.807, 2.05) is 4.90 Å². The summed E-state index contributed by atoms with van der Waals surface area (Å²) in [6, 6.07) is 0. The number of halogens is 4. The van der Waals surface area contributed by atoms with E-state index in [0.29, 0.717) is 37.1 Å². The van der Waals surface area contributed by atoms with Crippen LogP contribution in [0.5, 0.6) is 0 Å². The van der Waals surface area contributed by atoms with Gasteiger partial charge in [-0.05, 0) is 0 Å². The first-order valence-corrected chi connectivity index (χ1v) is 10.1. The molecule has 1 amide bonds. The molecule has 2 N–H and O–H groups in total. The predicted octanol–water partition coefficient (Wildman–Crippen LogP) is 1.40. The summed E-state index contributed by atoms with van der Waals surface area (Å²) < 4.78 is 44.2. The molecule has 14 heteroatoms. The third-order valence-electron chi connectivity index (χ3n) is 4.72. The number of aromatic nitrogens is 4. The third-order valence-corrected chi connectivity index (χ3v) is 4.92. The third kappa shape index (κ3) is 6.29. The summed E-state index contributed by atoms with van der Waals surface area (Å²) in [5.74, 6) is 0.625. The number of alkyl halides is 3. The van der Waals surface area contributed by atoms with E-state index in [9.17, 15) is 22.8 Å². The van der Waals surface area contributed by atoms with Crippen LogP contribution in [0.15, 0.2) is 23.4 Å². The lowest BCUT2D eigenvalue weighted by molar-refractivity contribution is -0.138. The molecule has 0 unspecified atom stereocenters. The van der Waals surface area contributed by atoms with Gasteiger partial charge in [0.05, 0.1) is 43.9 Å².